The van der Waals surface area contributed by atoms with Crippen molar-refractivity contribution in [2.24, 2.45) is 0 Å². The molecule has 1 aromatic rings. The number of nitrogens with zero attached hydrogens (tertiary/aromatic N) is 1. The standard InChI is InChI=1S/C12H16NO3/c1-4-5-16-12-7-10(9(2)3)6-11(8-12)13(14)15/h6-8H,4-5H2,1-3H3. The van der Waals surface area contributed by atoms with Crippen LogP contribution < -0.4 is 4.74 Å². The van der Waals surface area contributed by atoms with Gasteiger partial charge in [0.05, 0.1) is 17.6 Å². The molecule has 4 heteroatoms. The summed E-state index contributed by atoms with van der Waals surface area (Å²) in [6.07, 6.45) is 0.882. The van der Waals surface area contributed by atoms with Gasteiger partial charge in [-0.3, -0.25) is 10.1 Å². The van der Waals surface area contributed by atoms with Gasteiger partial charge >= 0.3 is 0 Å². The minimum atomic E-state index is -0.398. The van der Waals surface area contributed by atoms with Gasteiger partial charge in [-0.15, -0.1) is 0 Å². The molecular weight excluding hydrogens is 206 g/mol. The van der Waals surface area contributed by atoms with Gasteiger partial charge in [0.15, 0.2) is 0 Å². The first kappa shape index (κ1) is 12.5. The molecule has 0 aliphatic carbocycles. The van der Waals surface area contributed by atoms with Crippen molar-refractivity contribution in [2.75, 3.05) is 6.61 Å². The Morgan fingerprint density at radius 1 is 1.38 bits per heavy atom. The molecule has 0 aliphatic rings. The zero-order valence-corrected chi connectivity index (χ0v) is 9.82. The molecule has 87 valence electrons. The molecule has 0 bridgehead atoms. The quantitative estimate of drug-likeness (QED) is 0.567. The van der Waals surface area contributed by atoms with E-state index in [9.17, 15) is 10.1 Å². The third kappa shape index (κ3) is 3.22. The fourth-order valence-corrected chi connectivity index (χ4v) is 1.28. The molecule has 0 fully saturated rings. The highest BCUT2D eigenvalue weighted by Crippen LogP contribution is 2.26. The first-order valence-corrected chi connectivity index (χ1v) is 5.27. The second-order valence-corrected chi connectivity index (χ2v) is 3.82. The van der Waals surface area contributed by atoms with Crippen molar-refractivity contribution in [3.05, 3.63) is 39.8 Å². The predicted octanol–water partition coefficient (Wildman–Crippen LogP) is 3.35. The summed E-state index contributed by atoms with van der Waals surface area (Å²) in [7, 11) is 0. The van der Waals surface area contributed by atoms with Crippen molar-refractivity contribution in [1.82, 2.24) is 0 Å². The molecule has 0 aliphatic heterocycles. The molecule has 16 heavy (non-hydrogen) atoms. The van der Waals surface area contributed by atoms with Crippen LogP contribution in [0.3, 0.4) is 0 Å². The third-order valence-electron chi connectivity index (χ3n) is 2.15. The predicted molar refractivity (Wildman–Crippen MR) is 62.6 cm³/mol. The maximum absolute atomic E-state index is 10.7. The van der Waals surface area contributed by atoms with E-state index in [2.05, 4.69) is 0 Å². The Labute approximate surface area is 95.4 Å². The maximum atomic E-state index is 10.7. The number of non-ortho nitro benzene ring substituents is 1. The van der Waals surface area contributed by atoms with Crippen molar-refractivity contribution in [2.45, 2.75) is 27.2 Å². The second kappa shape index (κ2) is 5.49. The normalized spacial score (nSPS) is 10.5. The summed E-state index contributed by atoms with van der Waals surface area (Å²) in [5.41, 5.74) is 0.921. The lowest BCUT2D eigenvalue weighted by molar-refractivity contribution is -0.385. The molecule has 0 saturated carbocycles. The molecule has 0 N–H and O–H groups in total. The van der Waals surface area contributed by atoms with Crippen molar-refractivity contribution in [3.8, 4) is 5.75 Å². The fraction of sp³-hybridized carbons (Fsp3) is 0.417. The van der Waals surface area contributed by atoms with Gasteiger partial charge in [-0.1, -0.05) is 20.8 Å². The zero-order chi connectivity index (χ0) is 12.1. The Hall–Kier alpha value is -1.58. The Bertz CT molecular complexity index is 375. The van der Waals surface area contributed by atoms with Crippen molar-refractivity contribution in [3.63, 3.8) is 0 Å². The van der Waals surface area contributed by atoms with Crippen LogP contribution in [0.2, 0.25) is 0 Å². The van der Waals surface area contributed by atoms with Crippen molar-refractivity contribution in [1.29, 1.82) is 0 Å². The molecule has 4 nitrogen and oxygen atoms in total. The topological polar surface area (TPSA) is 52.4 Å². The number of hydrogen-bond acceptors (Lipinski definition) is 3. The van der Waals surface area contributed by atoms with Crippen LogP contribution in [0.4, 0.5) is 5.69 Å². The molecule has 0 unspecified atom stereocenters. The summed E-state index contributed by atoms with van der Waals surface area (Å²) in [4.78, 5) is 10.3. The average Bonchev–Trinajstić information content (AvgIpc) is 2.25. The van der Waals surface area contributed by atoms with E-state index in [-0.39, 0.29) is 5.69 Å². The van der Waals surface area contributed by atoms with Gasteiger partial charge in [-0.2, -0.15) is 0 Å². The first-order chi connectivity index (χ1) is 7.54. The van der Waals surface area contributed by atoms with Gasteiger partial charge in [-0.05, 0) is 24.0 Å². The van der Waals surface area contributed by atoms with Crippen LogP contribution >= 0.6 is 0 Å². The van der Waals surface area contributed by atoms with Gasteiger partial charge in [0.2, 0.25) is 0 Å². The van der Waals surface area contributed by atoms with Crippen LogP contribution in [-0.2, 0) is 0 Å². The lowest BCUT2D eigenvalue weighted by Crippen LogP contribution is -1.99. The van der Waals surface area contributed by atoms with Crippen molar-refractivity contribution >= 4 is 5.69 Å². The molecule has 0 heterocycles. The fourth-order valence-electron chi connectivity index (χ4n) is 1.28. The van der Waals surface area contributed by atoms with E-state index in [4.69, 9.17) is 4.74 Å². The van der Waals surface area contributed by atoms with E-state index in [1.54, 1.807) is 6.07 Å². The maximum Gasteiger partial charge on any atom is 0.273 e. The van der Waals surface area contributed by atoms with E-state index in [1.807, 2.05) is 26.8 Å². The van der Waals surface area contributed by atoms with Crippen LogP contribution in [0.25, 0.3) is 0 Å². The molecule has 0 amide bonds. The van der Waals surface area contributed by atoms with E-state index < -0.39 is 4.92 Å². The lowest BCUT2D eigenvalue weighted by Gasteiger charge is -2.09. The summed E-state index contributed by atoms with van der Waals surface area (Å²) in [6.45, 7) is 6.41. The minimum Gasteiger partial charge on any atom is -0.493 e. The molecule has 1 radical (unpaired) electrons. The number of nitro benzene ring substituents is 1. The van der Waals surface area contributed by atoms with Gasteiger partial charge < -0.3 is 4.74 Å². The summed E-state index contributed by atoms with van der Waals surface area (Å²) in [5, 5.41) is 10.7. The van der Waals surface area contributed by atoms with Crippen LogP contribution in [0.1, 0.15) is 32.8 Å². The average molecular weight is 222 g/mol. The van der Waals surface area contributed by atoms with Gasteiger partial charge in [0.1, 0.15) is 5.75 Å². The Morgan fingerprint density at radius 3 is 2.56 bits per heavy atom. The van der Waals surface area contributed by atoms with Crippen LogP contribution in [0.5, 0.6) is 5.75 Å². The minimum absolute atomic E-state index is 0.0739. The van der Waals surface area contributed by atoms with E-state index in [0.29, 0.717) is 12.4 Å². The summed E-state index contributed by atoms with van der Waals surface area (Å²) < 4.78 is 5.42. The smallest absolute Gasteiger partial charge is 0.273 e. The van der Waals surface area contributed by atoms with E-state index >= 15 is 0 Å². The van der Waals surface area contributed by atoms with Gasteiger partial charge in [0, 0.05) is 6.07 Å². The highest BCUT2D eigenvalue weighted by atomic mass is 16.6. The number of rotatable bonds is 5. The Morgan fingerprint density at radius 2 is 2.06 bits per heavy atom. The number of nitro groups is 1. The highest BCUT2D eigenvalue weighted by Gasteiger charge is 2.12. The van der Waals surface area contributed by atoms with E-state index in [0.717, 1.165) is 17.9 Å². The Balaban J connectivity index is 3.03. The monoisotopic (exact) mass is 222 g/mol. The molecule has 1 aromatic carbocycles. The molecule has 0 atom stereocenters. The number of hydrogen-bond donors (Lipinski definition) is 0. The molecular formula is C12H16NO3. The first-order valence-electron chi connectivity index (χ1n) is 5.27. The van der Waals surface area contributed by atoms with Crippen LogP contribution in [0, 0.1) is 16.0 Å². The zero-order valence-electron chi connectivity index (χ0n) is 9.82. The van der Waals surface area contributed by atoms with Gasteiger partial charge in [0.25, 0.3) is 5.69 Å². The van der Waals surface area contributed by atoms with Crippen molar-refractivity contribution < 1.29 is 9.66 Å². The number of ether oxygens (including phenoxy) is 1. The van der Waals surface area contributed by atoms with Crippen LogP contribution in [0.15, 0.2) is 18.2 Å². The summed E-state index contributed by atoms with van der Waals surface area (Å²) in [6, 6.07) is 4.86. The second-order valence-electron chi connectivity index (χ2n) is 3.82. The molecule has 1 rings (SSSR count). The van der Waals surface area contributed by atoms with Crippen LogP contribution in [-0.4, -0.2) is 11.5 Å². The third-order valence-corrected chi connectivity index (χ3v) is 2.15. The molecule has 0 saturated heterocycles. The lowest BCUT2D eigenvalue weighted by atomic mass is 10.0. The highest BCUT2D eigenvalue weighted by molar-refractivity contribution is 5.46. The van der Waals surface area contributed by atoms with E-state index in [1.165, 1.54) is 6.07 Å². The Kier molecular flexibility index (Phi) is 4.28. The summed E-state index contributed by atoms with van der Waals surface area (Å²) >= 11 is 0. The number of benzene rings is 1. The van der Waals surface area contributed by atoms with Gasteiger partial charge in [-0.25, -0.2) is 0 Å². The SMILES string of the molecule is CCCOc1cc([C](C)C)cc([N+](=O)[O-])c1. The largest absolute Gasteiger partial charge is 0.493 e. The molecule has 0 spiro atoms. The summed E-state index contributed by atoms with van der Waals surface area (Å²) in [5.74, 6) is 1.59. The molecule has 0 aromatic heterocycles.